The second kappa shape index (κ2) is 19.7. The van der Waals surface area contributed by atoms with E-state index >= 15 is 0 Å². The Balaban J connectivity index is 1.27. The minimum Gasteiger partial charge on any atom is -0.465 e. The lowest BCUT2D eigenvalue weighted by atomic mass is 10.1. The first kappa shape index (κ1) is 34.0. The molecule has 1 aromatic heterocycles. The van der Waals surface area contributed by atoms with E-state index in [1.165, 1.54) is 82.1 Å². The third-order valence-electron chi connectivity index (χ3n) is 7.55. The third-order valence-corrected chi connectivity index (χ3v) is 7.55. The number of furan rings is 1. The van der Waals surface area contributed by atoms with Crippen LogP contribution in [-0.2, 0) is 25.6 Å². The van der Waals surface area contributed by atoms with E-state index in [1.54, 1.807) is 6.07 Å². The minimum absolute atomic E-state index is 0.0452. The van der Waals surface area contributed by atoms with E-state index < -0.39 is 30.4 Å². The summed E-state index contributed by atoms with van der Waals surface area (Å²) < 4.78 is 27.0. The lowest BCUT2D eigenvalue weighted by molar-refractivity contribution is -0.150. The Labute approximate surface area is 256 Å². The average Bonchev–Trinajstić information content (AvgIpc) is 3.69. The van der Waals surface area contributed by atoms with Gasteiger partial charge in [0.2, 0.25) is 12.1 Å². The molecule has 2 heterocycles. The van der Waals surface area contributed by atoms with Crippen LogP contribution in [0.25, 0.3) is 0 Å². The Morgan fingerprint density at radius 3 is 2.19 bits per heavy atom. The quantitative estimate of drug-likeness (QED) is 0.0852. The SMILES string of the molecule is CCCCCCCCCCCCCCOc1ccc(C(=O)OC(C)OC(=O)N2CCC[C@H]2C(=O)OCc2ccccc2)o1. The molecule has 0 aliphatic carbocycles. The maximum absolute atomic E-state index is 12.7. The lowest BCUT2D eigenvalue weighted by Crippen LogP contribution is -2.43. The molecule has 1 fully saturated rings. The molecule has 238 valence electrons. The smallest absolute Gasteiger partial charge is 0.413 e. The fourth-order valence-corrected chi connectivity index (χ4v) is 5.12. The van der Waals surface area contributed by atoms with Gasteiger partial charge >= 0.3 is 18.0 Å². The fraction of sp³-hybridized carbons (Fsp3) is 0.618. The number of likely N-dealkylation sites (tertiary alicyclic amines) is 1. The van der Waals surface area contributed by atoms with Crippen molar-refractivity contribution in [3.63, 3.8) is 0 Å². The van der Waals surface area contributed by atoms with Gasteiger partial charge in [0, 0.05) is 19.5 Å². The van der Waals surface area contributed by atoms with E-state index in [1.807, 2.05) is 30.3 Å². The summed E-state index contributed by atoms with van der Waals surface area (Å²) in [7, 11) is 0. The lowest BCUT2D eigenvalue weighted by Gasteiger charge is -2.24. The Kier molecular flexibility index (Phi) is 15.5. The van der Waals surface area contributed by atoms with Crippen LogP contribution in [0, 0.1) is 0 Å². The topological polar surface area (TPSA) is 105 Å². The van der Waals surface area contributed by atoms with Gasteiger partial charge in [-0.05, 0) is 30.9 Å². The minimum atomic E-state index is -1.18. The van der Waals surface area contributed by atoms with Gasteiger partial charge in [0.05, 0.1) is 6.61 Å². The van der Waals surface area contributed by atoms with Crippen molar-refractivity contribution in [3.8, 4) is 5.95 Å². The molecule has 1 saturated heterocycles. The van der Waals surface area contributed by atoms with Crippen molar-refractivity contribution in [2.24, 2.45) is 0 Å². The second-order valence-corrected chi connectivity index (χ2v) is 11.2. The van der Waals surface area contributed by atoms with Crippen LogP contribution in [0.15, 0.2) is 46.9 Å². The van der Waals surface area contributed by atoms with Crippen LogP contribution in [0.3, 0.4) is 0 Å². The summed E-state index contributed by atoms with van der Waals surface area (Å²) in [5.41, 5.74) is 0.860. The number of rotatable bonds is 20. The summed E-state index contributed by atoms with van der Waals surface area (Å²) in [4.78, 5) is 39.2. The van der Waals surface area contributed by atoms with Crippen molar-refractivity contribution in [1.29, 1.82) is 0 Å². The van der Waals surface area contributed by atoms with E-state index in [2.05, 4.69) is 6.92 Å². The van der Waals surface area contributed by atoms with E-state index in [4.69, 9.17) is 23.4 Å². The summed E-state index contributed by atoms with van der Waals surface area (Å²) in [6.45, 7) is 4.67. The predicted molar refractivity (Wildman–Crippen MR) is 163 cm³/mol. The van der Waals surface area contributed by atoms with Crippen molar-refractivity contribution >= 4 is 18.0 Å². The summed E-state index contributed by atoms with van der Waals surface area (Å²) in [6, 6.07) is 11.6. The van der Waals surface area contributed by atoms with E-state index in [0.29, 0.717) is 26.0 Å². The summed E-state index contributed by atoms with van der Waals surface area (Å²) in [5.74, 6) is -1.07. The van der Waals surface area contributed by atoms with Crippen LogP contribution in [0.4, 0.5) is 4.79 Å². The van der Waals surface area contributed by atoms with E-state index in [9.17, 15) is 14.4 Å². The molecule has 0 saturated carbocycles. The van der Waals surface area contributed by atoms with Gasteiger partial charge in [-0.25, -0.2) is 14.4 Å². The monoisotopic (exact) mass is 599 g/mol. The summed E-state index contributed by atoms with van der Waals surface area (Å²) >= 11 is 0. The van der Waals surface area contributed by atoms with Gasteiger partial charge < -0.3 is 23.4 Å². The maximum Gasteiger partial charge on any atom is 0.413 e. The molecule has 1 aliphatic rings. The predicted octanol–water partition coefficient (Wildman–Crippen LogP) is 8.21. The van der Waals surface area contributed by atoms with Crippen molar-refractivity contribution in [2.75, 3.05) is 13.2 Å². The Morgan fingerprint density at radius 1 is 0.860 bits per heavy atom. The van der Waals surface area contributed by atoms with Crippen molar-refractivity contribution in [2.45, 2.75) is 123 Å². The first-order valence-electron chi connectivity index (χ1n) is 16.1. The van der Waals surface area contributed by atoms with Crippen molar-refractivity contribution in [3.05, 3.63) is 53.8 Å². The number of amides is 1. The van der Waals surface area contributed by atoms with Crippen LogP contribution in [0.2, 0.25) is 0 Å². The molecule has 3 rings (SSSR count). The zero-order chi connectivity index (χ0) is 30.7. The Hall–Kier alpha value is -3.49. The van der Waals surface area contributed by atoms with Crippen LogP contribution in [0.5, 0.6) is 5.95 Å². The van der Waals surface area contributed by atoms with Crippen LogP contribution < -0.4 is 4.74 Å². The van der Waals surface area contributed by atoms with Gasteiger partial charge in [-0.2, -0.15) is 0 Å². The van der Waals surface area contributed by atoms with Gasteiger partial charge in [-0.3, -0.25) is 4.90 Å². The molecule has 1 amide bonds. The zero-order valence-electron chi connectivity index (χ0n) is 25.9. The number of esters is 2. The highest BCUT2D eigenvalue weighted by Gasteiger charge is 2.37. The fourth-order valence-electron chi connectivity index (χ4n) is 5.12. The molecule has 9 nitrogen and oxygen atoms in total. The second-order valence-electron chi connectivity index (χ2n) is 11.2. The van der Waals surface area contributed by atoms with Gasteiger partial charge in [0.25, 0.3) is 5.95 Å². The largest absolute Gasteiger partial charge is 0.465 e. The molecule has 0 N–H and O–H groups in total. The Morgan fingerprint density at radius 2 is 1.51 bits per heavy atom. The molecule has 0 radical (unpaired) electrons. The van der Waals surface area contributed by atoms with Crippen LogP contribution in [0.1, 0.15) is 120 Å². The number of carbonyl (C=O) groups is 3. The standard InChI is InChI=1S/C34H49NO8/c1-3-4-5-6-7-8-9-10-11-12-13-17-25-39-31-23-22-30(43-31)33(37)41-27(2)42-34(38)35-24-18-21-29(35)32(36)40-26-28-19-15-14-16-20-28/h14-16,19-20,22-23,27,29H,3-13,17-18,21,24-26H2,1-2H3/t27?,29-/m0/s1. The zero-order valence-corrected chi connectivity index (χ0v) is 25.9. The molecule has 1 aromatic carbocycles. The van der Waals surface area contributed by atoms with Gasteiger partial charge in [0.1, 0.15) is 12.6 Å². The summed E-state index contributed by atoms with van der Waals surface area (Å²) in [6.07, 6.45) is 14.4. The molecule has 9 heteroatoms. The molecular formula is C34H49NO8. The Bertz CT molecular complexity index is 1090. The number of unbranched alkanes of at least 4 members (excludes halogenated alkanes) is 11. The number of hydrogen-bond donors (Lipinski definition) is 0. The van der Waals surface area contributed by atoms with Gasteiger partial charge in [-0.15, -0.1) is 0 Å². The first-order chi connectivity index (χ1) is 21.0. The first-order valence-corrected chi connectivity index (χ1v) is 16.1. The number of carbonyl (C=O) groups excluding carboxylic acids is 3. The number of benzene rings is 1. The normalized spacial score (nSPS) is 15.2. The maximum atomic E-state index is 12.7. The number of ether oxygens (including phenoxy) is 4. The van der Waals surface area contributed by atoms with E-state index in [-0.39, 0.29) is 18.3 Å². The van der Waals surface area contributed by atoms with Gasteiger partial charge in [-0.1, -0.05) is 108 Å². The molecule has 0 spiro atoms. The number of nitrogens with zero attached hydrogens (tertiary/aromatic N) is 1. The number of hydrogen-bond acceptors (Lipinski definition) is 8. The molecule has 43 heavy (non-hydrogen) atoms. The highest BCUT2D eigenvalue weighted by Crippen LogP contribution is 2.22. The molecule has 2 aromatic rings. The van der Waals surface area contributed by atoms with E-state index in [0.717, 1.165) is 18.4 Å². The van der Waals surface area contributed by atoms with Crippen LogP contribution in [-0.4, -0.2) is 48.4 Å². The summed E-state index contributed by atoms with van der Waals surface area (Å²) in [5, 5.41) is 0. The molecule has 1 aliphatic heterocycles. The molecule has 0 bridgehead atoms. The van der Waals surface area contributed by atoms with Gasteiger partial charge in [0.15, 0.2) is 0 Å². The average molecular weight is 600 g/mol. The molecule has 2 atom stereocenters. The third kappa shape index (κ3) is 12.7. The molecular weight excluding hydrogens is 550 g/mol. The van der Waals surface area contributed by atoms with Crippen molar-refractivity contribution in [1.82, 2.24) is 4.90 Å². The highest BCUT2D eigenvalue weighted by molar-refractivity contribution is 5.86. The highest BCUT2D eigenvalue weighted by atomic mass is 16.7. The van der Waals surface area contributed by atoms with Crippen LogP contribution >= 0.6 is 0 Å². The molecule has 1 unspecified atom stereocenters. The van der Waals surface area contributed by atoms with Crippen molar-refractivity contribution < 1.29 is 37.7 Å².